The highest BCUT2D eigenvalue weighted by Gasteiger charge is 2.40. The van der Waals surface area contributed by atoms with Gasteiger partial charge in [0.25, 0.3) is 5.91 Å². The van der Waals surface area contributed by atoms with Crippen molar-refractivity contribution in [1.29, 1.82) is 0 Å². The van der Waals surface area contributed by atoms with Crippen LogP contribution in [-0.4, -0.2) is 46.7 Å². The van der Waals surface area contributed by atoms with E-state index in [9.17, 15) is 14.4 Å². The first-order chi connectivity index (χ1) is 11.5. The number of amides is 3. The minimum Gasteiger partial charge on any atom is -0.356 e. The van der Waals surface area contributed by atoms with Crippen molar-refractivity contribution in [3.8, 4) is 0 Å². The quantitative estimate of drug-likeness (QED) is 0.808. The van der Waals surface area contributed by atoms with Crippen LogP contribution in [0.4, 0.5) is 5.82 Å². The Bertz CT molecular complexity index is 733. The van der Waals surface area contributed by atoms with Crippen LogP contribution in [0.2, 0.25) is 0 Å². The van der Waals surface area contributed by atoms with Crippen LogP contribution in [0.3, 0.4) is 0 Å². The van der Waals surface area contributed by atoms with Crippen molar-refractivity contribution in [2.75, 3.05) is 18.0 Å². The van der Waals surface area contributed by atoms with E-state index in [0.29, 0.717) is 24.4 Å². The Balaban J connectivity index is 1.56. The molecule has 2 unspecified atom stereocenters. The average Bonchev–Trinajstić information content (AvgIpc) is 3.11. The van der Waals surface area contributed by atoms with Gasteiger partial charge < -0.3 is 9.80 Å². The number of nitrogens with one attached hydrogen (secondary N) is 1. The van der Waals surface area contributed by atoms with E-state index in [0.717, 1.165) is 31.0 Å². The molecule has 2 atom stereocenters. The second kappa shape index (κ2) is 5.58. The van der Waals surface area contributed by atoms with Gasteiger partial charge in [-0.15, -0.1) is 0 Å². The van der Waals surface area contributed by atoms with Crippen molar-refractivity contribution < 1.29 is 14.4 Å². The topological polar surface area (TPSA) is 82.6 Å². The first kappa shape index (κ1) is 15.1. The second-order valence-corrected chi connectivity index (χ2v) is 6.90. The molecule has 3 amide bonds. The number of piperidine rings is 1. The first-order valence-corrected chi connectivity index (χ1v) is 8.42. The van der Waals surface area contributed by atoms with E-state index < -0.39 is 6.04 Å². The lowest BCUT2D eigenvalue weighted by Gasteiger charge is -2.29. The molecule has 7 heteroatoms. The predicted octanol–water partition coefficient (Wildman–Crippen LogP) is 0.689. The highest BCUT2D eigenvalue weighted by Crippen LogP contribution is 2.29. The molecule has 0 radical (unpaired) electrons. The van der Waals surface area contributed by atoms with Gasteiger partial charge in [0.05, 0.1) is 17.8 Å². The molecule has 0 spiro atoms. The van der Waals surface area contributed by atoms with Crippen molar-refractivity contribution in [2.45, 2.75) is 38.8 Å². The van der Waals surface area contributed by atoms with Crippen molar-refractivity contribution in [3.05, 3.63) is 23.4 Å². The van der Waals surface area contributed by atoms with E-state index >= 15 is 0 Å². The highest BCUT2D eigenvalue weighted by molar-refractivity contribution is 6.05. The van der Waals surface area contributed by atoms with Gasteiger partial charge in [-0.3, -0.25) is 19.7 Å². The Kier molecular flexibility index (Phi) is 3.51. The zero-order valence-electron chi connectivity index (χ0n) is 13.6. The van der Waals surface area contributed by atoms with E-state index in [-0.39, 0.29) is 24.1 Å². The normalized spacial score (nSPS) is 26.8. The molecule has 4 rings (SSSR count). The molecule has 2 fully saturated rings. The summed E-state index contributed by atoms with van der Waals surface area (Å²) in [4.78, 5) is 44.4. The SMILES string of the molecule is CC1CCN(c2ccc3c(n2)CN(C2CCC(=O)NC2=O)C3=O)C1. The van der Waals surface area contributed by atoms with Crippen LogP contribution >= 0.6 is 0 Å². The molecule has 2 saturated heterocycles. The summed E-state index contributed by atoms with van der Waals surface area (Å²) in [6, 6.07) is 3.12. The Morgan fingerprint density at radius 1 is 1.21 bits per heavy atom. The fourth-order valence-electron chi connectivity index (χ4n) is 3.74. The zero-order valence-corrected chi connectivity index (χ0v) is 13.6. The molecule has 7 nitrogen and oxygen atoms in total. The minimum atomic E-state index is -0.584. The molecule has 3 aliphatic rings. The Morgan fingerprint density at radius 3 is 2.75 bits per heavy atom. The molecule has 4 heterocycles. The Labute approximate surface area is 140 Å². The van der Waals surface area contributed by atoms with Gasteiger partial charge in [-0.05, 0) is 30.9 Å². The molecule has 0 aromatic carbocycles. The predicted molar refractivity (Wildman–Crippen MR) is 86.3 cm³/mol. The molecule has 3 aliphatic heterocycles. The number of hydrogen-bond donors (Lipinski definition) is 1. The molecular weight excluding hydrogens is 308 g/mol. The lowest BCUT2D eigenvalue weighted by molar-refractivity contribution is -0.136. The van der Waals surface area contributed by atoms with Crippen LogP contribution in [-0.2, 0) is 16.1 Å². The smallest absolute Gasteiger partial charge is 0.256 e. The van der Waals surface area contributed by atoms with Crippen LogP contribution in [0.1, 0.15) is 42.2 Å². The van der Waals surface area contributed by atoms with Crippen LogP contribution in [0, 0.1) is 5.92 Å². The Hall–Kier alpha value is -2.44. The maximum absolute atomic E-state index is 12.6. The van der Waals surface area contributed by atoms with E-state index in [1.54, 1.807) is 0 Å². The van der Waals surface area contributed by atoms with E-state index in [1.165, 1.54) is 4.90 Å². The van der Waals surface area contributed by atoms with Gasteiger partial charge >= 0.3 is 0 Å². The molecule has 24 heavy (non-hydrogen) atoms. The summed E-state index contributed by atoms with van der Waals surface area (Å²) in [6.07, 6.45) is 1.79. The number of pyridine rings is 1. The van der Waals surface area contributed by atoms with Gasteiger partial charge in [-0.1, -0.05) is 6.92 Å². The van der Waals surface area contributed by atoms with Gasteiger partial charge in [0.1, 0.15) is 11.9 Å². The molecule has 126 valence electrons. The fraction of sp³-hybridized carbons (Fsp3) is 0.529. The summed E-state index contributed by atoms with van der Waals surface area (Å²) in [5, 5.41) is 2.31. The van der Waals surface area contributed by atoms with Crippen molar-refractivity contribution in [1.82, 2.24) is 15.2 Å². The third kappa shape index (κ3) is 2.44. The highest BCUT2D eigenvalue weighted by atomic mass is 16.2. The van der Waals surface area contributed by atoms with Crippen molar-refractivity contribution in [2.24, 2.45) is 5.92 Å². The number of anilines is 1. The monoisotopic (exact) mass is 328 g/mol. The number of carbonyl (C=O) groups excluding carboxylic acids is 3. The molecule has 0 aliphatic carbocycles. The molecule has 1 aromatic rings. The number of imide groups is 1. The molecule has 0 saturated carbocycles. The van der Waals surface area contributed by atoms with Gasteiger partial charge in [0.15, 0.2) is 0 Å². The summed E-state index contributed by atoms with van der Waals surface area (Å²) in [5.74, 6) is 0.719. The third-order valence-corrected chi connectivity index (χ3v) is 5.11. The summed E-state index contributed by atoms with van der Waals surface area (Å²) in [5.41, 5.74) is 1.29. The summed E-state index contributed by atoms with van der Waals surface area (Å²) >= 11 is 0. The number of nitrogens with zero attached hydrogens (tertiary/aromatic N) is 3. The summed E-state index contributed by atoms with van der Waals surface area (Å²) in [7, 11) is 0. The molecule has 1 N–H and O–H groups in total. The van der Waals surface area contributed by atoms with Gasteiger partial charge in [0, 0.05) is 19.5 Å². The summed E-state index contributed by atoms with van der Waals surface area (Å²) < 4.78 is 0. The van der Waals surface area contributed by atoms with Crippen LogP contribution in [0.15, 0.2) is 12.1 Å². The number of rotatable bonds is 2. The second-order valence-electron chi connectivity index (χ2n) is 6.90. The fourth-order valence-corrected chi connectivity index (χ4v) is 3.74. The number of carbonyl (C=O) groups is 3. The number of aromatic nitrogens is 1. The molecule has 1 aromatic heterocycles. The zero-order chi connectivity index (χ0) is 16.8. The standard InChI is InChI=1S/C17H20N4O3/c1-10-6-7-20(8-10)14-4-2-11-12(18-14)9-21(17(11)24)13-3-5-15(22)19-16(13)23/h2,4,10,13H,3,5-9H2,1H3,(H,19,22,23). The largest absolute Gasteiger partial charge is 0.356 e. The molecule has 0 bridgehead atoms. The number of fused-ring (bicyclic) bond motifs is 1. The third-order valence-electron chi connectivity index (χ3n) is 5.11. The van der Waals surface area contributed by atoms with E-state index in [4.69, 9.17) is 0 Å². The maximum Gasteiger partial charge on any atom is 0.256 e. The van der Waals surface area contributed by atoms with Crippen LogP contribution in [0.25, 0.3) is 0 Å². The van der Waals surface area contributed by atoms with Crippen LogP contribution < -0.4 is 10.2 Å². The van der Waals surface area contributed by atoms with E-state index in [2.05, 4.69) is 22.1 Å². The lowest BCUT2D eigenvalue weighted by atomic mass is 10.0. The first-order valence-electron chi connectivity index (χ1n) is 8.42. The van der Waals surface area contributed by atoms with Crippen molar-refractivity contribution in [3.63, 3.8) is 0 Å². The van der Waals surface area contributed by atoms with Crippen molar-refractivity contribution >= 4 is 23.5 Å². The van der Waals surface area contributed by atoms with Crippen LogP contribution in [0.5, 0.6) is 0 Å². The average molecular weight is 328 g/mol. The maximum atomic E-state index is 12.6. The summed E-state index contributed by atoms with van der Waals surface area (Å²) in [6.45, 7) is 4.52. The van der Waals surface area contributed by atoms with E-state index in [1.807, 2.05) is 12.1 Å². The number of hydrogen-bond acceptors (Lipinski definition) is 5. The molecular formula is C17H20N4O3. The van der Waals surface area contributed by atoms with Gasteiger partial charge in [0.2, 0.25) is 11.8 Å². The lowest BCUT2D eigenvalue weighted by Crippen LogP contribution is -2.52. The van der Waals surface area contributed by atoms with Gasteiger partial charge in [-0.25, -0.2) is 4.98 Å². The Morgan fingerprint density at radius 2 is 2.04 bits per heavy atom. The van der Waals surface area contributed by atoms with Gasteiger partial charge in [-0.2, -0.15) is 0 Å². The minimum absolute atomic E-state index is 0.173.